The van der Waals surface area contributed by atoms with Crippen molar-refractivity contribution in [1.29, 1.82) is 0 Å². The number of benzene rings is 1. The van der Waals surface area contributed by atoms with Gasteiger partial charge in [-0.2, -0.15) is 0 Å². The Morgan fingerprint density at radius 3 is 2.94 bits per heavy atom. The van der Waals surface area contributed by atoms with Gasteiger partial charge in [0.1, 0.15) is 0 Å². The topological polar surface area (TPSA) is 32.7 Å². The van der Waals surface area contributed by atoms with Crippen molar-refractivity contribution in [2.45, 2.75) is 30.5 Å². The van der Waals surface area contributed by atoms with E-state index in [-0.39, 0.29) is 12.7 Å². The highest BCUT2D eigenvalue weighted by Gasteiger charge is 2.25. The van der Waals surface area contributed by atoms with Gasteiger partial charge in [0.25, 0.3) is 0 Å². The minimum Gasteiger partial charge on any atom is -0.394 e. The summed E-state index contributed by atoms with van der Waals surface area (Å²) in [5.74, 6) is 0. The molecule has 1 aliphatic heterocycles. The lowest BCUT2D eigenvalue weighted by molar-refractivity contribution is -0.0807. The minimum absolute atomic E-state index is 0.0392. The molecule has 0 bridgehead atoms. The van der Waals surface area contributed by atoms with E-state index < -0.39 is 0 Å². The smallest absolute Gasteiger partial charge is 0.0933 e. The van der Waals surface area contributed by atoms with Gasteiger partial charge >= 0.3 is 0 Å². The van der Waals surface area contributed by atoms with Gasteiger partial charge < -0.3 is 9.84 Å². The Hall–Kier alpha value is -0.550. The second-order valence-electron chi connectivity index (χ2n) is 4.73. The van der Waals surface area contributed by atoms with E-state index in [9.17, 15) is 5.11 Å². The predicted molar refractivity (Wildman–Crippen MR) is 74.9 cm³/mol. The average molecular weight is 267 g/mol. The standard InChI is InChI=1S/C14H21NO2S/c1-11-10-17-13(9-16)8-15(11)7-12-5-3-4-6-14(12)18-2/h3-6,11,13,16H,7-10H2,1-2H3. The fraction of sp³-hybridized carbons (Fsp3) is 0.571. The maximum Gasteiger partial charge on any atom is 0.0933 e. The van der Waals surface area contributed by atoms with Gasteiger partial charge in [0, 0.05) is 24.0 Å². The molecule has 1 aromatic rings. The van der Waals surface area contributed by atoms with Gasteiger partial charge in [0.2, 0.25) is 0 Å². The van der Waals surface area contributed by atoms with E-state index in [1.807, 2.05) is 0 Å². The van der Waals surface area contributed by atoms with Crippen molar-refractivity contribution in [3.05, 3.63) is 29.8 Å². The number of hydrogen-bond acceptors (Lipinski definition) is 4. The molecule has 0 radical (unpaired) electrons. The number of aliphatic hydroxyl groups is 1. The second-order valence-corrected chi connectivity index (χ2v) is 5.58. The molecular formula is C14H21NO2S. The van der Waals surface area contributed by atoms with Crippen molar-refractivity contribution in [2.24, 2.45) is 0 Å². The summed E-state index contributed by atoms with van der Waals surface area (Å²) in [5.41, 5.74) is 1.36. The molecule has 2 atom stereocenters. The van der Waals surface area contributed by atoms with Crippen molar-refractivity contribution in [3.63, 3.8) is 0 Å². The first-order chi connectivity index (χ1) is 8.74. The number of aliphatic hydroxyl groups excluding tert-OH is 1. The summed E-state index contributed by atoms with van der Waals surface area (Å²) < 4.78 is 5.57. The van der Waals surface area contributed by atoms with Crippen molar-refractivity contribution in [3.8, 4) is 0 Å². The molecule has 0 spiro atoms. The van der Waals surface area contributed by atoms with Crippen LogP contribution >= 0.6 is 11.8 Å². The van der Waals surface area contributed by atoms with E-state index in [4.69, 9.17) is 4.74 Å². The van der Waals surface area contributed by atoms with Gasteiger partial charge in [-0.15, -0.1) is 11.8 Å². The van der Waals surface area contributed by atoms with E-state index in [0.29, 0.717) is 12.6 Å². The molecule has 1 aromatic carbocycles. The largest absolute Gasteiger partial charge is 0.394 e. The lowest BCUT2D eigenvalue weighted by Gasteiger charge is -2.37. The fourth-order valence-corrected chi connectivity index (χ4v) is 2.87. The Bertz CT molecular complexity index is 386. The van der Waals surface area contributed by atoms with E-state index in [2.05, 4.69) is 42.3 Å². The van der Waals surface area contributed by atoms with Gasteiger partial charge in [-0.1, -0.05) is 18.2 Å². The number of morpholine rings is 1. The van der Waals surface area contributed by atoms with Gasteiger partial charge in [-0.3, -0.25) is 4.90 Å². The van der Waals surface area contributed by atoms with Crippen LogP contribution in [0.3, 0.4) is 0 Å². The Balaban J connectivity index is 2.07. The first-order valence-corrected chi connectivity index (χ1v) is 7.55. The average Bonchev–Trinajstić information content (AvgIpc) is 2.42. The van der Waals surface area contributed by atoms with Crippen molar-refractivity contribution in [2.75, 3.05) is 26.0 Å². The highest BCUT2D eigenvalue weighted by molar-refractivity contribution is 7.98. The van der Waals surface area contributed by atoms with E-state index in [1.165, 1.54) is 10.5 Å². The summed E-state index contributed by atoms with van der Waals surface area (Å²) >= 11 is 1.78. The first-order valence-electron chi connectivity index (χ1n) is 6.33. The molecular weight excluding hydrogens is 246 g/mol. The van der Waals surface area contributed by atoms with Crippen LogP contribution in [0.25, 0.3) is 0 Å². The Labute approximate surface area is 113 Å². The molecule has 1 saturated heterocycles. The second kappa shape index (κ2) is 6.57. The molecule has 0 aromatic heterocycles. The molecule has 18 heavy (non-hydrogen) atoms. The lowest BCUT2D eigenvalue weighted by Crippen LogP contribution is -2.48. The van der Waals surface area contributed by atoms with Crippen LogP contribution in [0, 0.1) is 0 Å². The zero-order valence-corrected chi connectivity index (χ0v) is 11.8. The highest BCUT2D eigenvalue weighted by atomic mass is 32.2. The van der Waals surface area contributed by atoms with Crippen LogP contribution in [0.5, 0.6) is 0 Å². The molecule has 2 unspecified atom stereocenters. The Kier molecular flexibility index (Phi) is 5.06. The number of ether oxygens (including phenoxy) is 1. The third-order valence-corrected chi connectivity index (χ3v) is 4.24. The first kappa shape index (κ1) is 13.9. The highest BCUT2D eigenvalue weighted by Crippen LogP contribution is 2.23. The Morgan fingerprint density at radius 2 is 2.22 bits per heavy atom. The van der Waals surface area contributed by atoms with Crippen LogP contribution in [-0.2, 0) is 11.3 Å². The summed E-state index contributed by atoms with van der Waals surface area (Å²) in [6, 6.07) is 8.91. The number of thioether (sulfide) groups is 1. The van der Waals surface area contributed by atoms with Gasteiger partial charge in [0.05, 0.1) is 19.3 Å². The van der Waals surface area contributed by atoms with Crippen molar-refractivity contribution < 1.29 is 9.84 Å². The predicted octanol–water partition coefficient (Wildman–Crippen LogP) is 1.99. The normalized spacial score (nSPS) is 25.3. The molecule has 3 nitrogen and oxygen atoms in total. The maximum atomic E-state index is 9.21. The van der Waals surface area contributed by atoms with Crippen LogP contribution in [0.1, 0.15) is 12.5 Å². The molecule has 1 fully saturated rings. The summed E-state index contributed by atoms with van der Waals surface area (Å²) in [5, 5.41) is 9.21. The zero-order valence-electron chi connectivity index (χ0n) is 11.0. The number of rotatable bonds is 4. The number of hydrogen-bond donors (Lipinski definition) is 1. The summed E-state index contributed by atoms with van der Waals surface area (Å²) in [6.45, 7) is 4.72. The van der Waals surface area contributed by atoms with E-state index >= 15 is 0 Å². The zero-order chi connectivity index (χ0) is 13.0. The number of nitrogens with zero attached hydrogens (tertiary/aromatic N) is 1. The van der Waals surface area contributed by atoms with Crippen LogP contribution < -0.4 is 0 Å². The molecule has 0 aliphatic carbocycles. The van der Waals surface area contributed by atoms with E-state index in [0.717, 1.165) is 13.1 Å². The van der Waals surface area contributed by atoms with Crippen LogP contribution in [0.4, 0.5) is 0 Å². The summed E-state index contributed by atoms with van der Waals surface area (Å²) in [7, 11) is 0. The SMILES string of the molecule is CSc1ccccc1CN1CC(CO)OCC1C. The third-order valence-electron chi connectivity index (χ3n) is 3.40. The third kappa shape index (κ3) is 3.26. The summed E-state index contributed by atoms with van der Waals surface area (Å²) in [4.78, 5) is 3.72. The van der Waals surface area contributed by atoms with Crippen molar-refractivity contribution in [1.82, 2.24) is 4.90 Å². The summed E-state index contributed by atoms with van der Waals surface area (Å²) in [6.07, 6.45) is 2.07. The molecule has 4 heteroatoms. The van der Waals surface area contributed by atoms with Crippen LogP contribution in [0.15, 0.2) is 29.2 Å². The molecule has 2 rings (SSSR count). The van der Waals surface area contributed by atoms with Gasteiger partial charge in [0.15, 0.2) is 0 Å². The van der Waals surface area contributed by atoms with Crippen LogP contribution in [0.2, 0.25) is 0 Å². The molecule has 0 saturated carbocycles. The monoisotopic (exact) mass is 267 g/mol. The molecule has 1 heterocycles. The minimum atomic E-state index is -0.0392. The van der Waals surface area contributed by atoms with Gasteiger partial charge in [-0.05, 0) is 24.8 Å². The molecule has 1 aliphatic rings. The molecule has 0 amide bonds. The van der Waals surface area contributed by atoms with Crippen molar-refractivity contribution >= 4 is 11.8 Å². The Morgan fingerprint density at radius 1 is 1.44 bits per heavy atom. The molecule has 1 N–H and O–H groups in total. The maximum absolute atomic E-state index is 9.21. The lowest BCUT2D eigenvalue weighted by atomic mass is 10.1. The fourth-order valence-electron chi connectivity index (χ4n) is 2.26. The quantitative estimate of drug-likeness (QED) is 0.846. The van der Waals surface area contributed by atoms with Crippen LogP contribution in [-0.4, -0.2) is 48.2 Å². The van der Waals surface area contributed by atoms with E-state index in [1.54, 1.807) is 11.8 Å². The van der Waals surface area contributed by atoms with Gasteiger partial charge in [-0.25, -0.2) is 0 Å². The molecule has 100 valence electrons.